The second-order valence-electron chi connectivity index (χ2n) is 7.42. The monoisotopic (exact) mass is 257 g/mol. The molecule has 1 aliphatic heterocycles. The summed E-state index contributed by atoms with van der Waals surface area (Å²) in [5.74, 6) is 0.966. The number of benzene rings is 1. The number of hydrogen-bond acceptors (Lipinski definition) is 1. The minimum absolute atomic E-state index is 0.309. The van der Waals surface area contributed by atoms with E-state index in [1.165, 1.54) is 37.7 Å². The van der Waals surface area contributed by atoms with E-state index in [0.717, 1.165) is 18.0 Å². The number of fused-ring (bicyclic) bond motifs is 1. The topological polar surface area (TPSA) is 3.24 Å². The normalized spacial score (nSPS) is 31.6. The fraction of sp³-hybridized carbons (Fsp3) is 0.667. The average Bonchev–Trinajstić information content (AvgIpc) is 2.88. The highest BCUT2D eigenvalue weighted by Crippen LogP contribution is 2.45. The van der Waals surface area contributed by atoms with Gasteiger partial charge < -0.3 is 0 Å². The van der Waals surface area contributed by atoms with Crippen molar-refractivity contribution in [3.05, 3.63) is 35.9 Å². The predicted octanol–water partition coefficient (Wildman–Crippen LogP) is 4.27. The molecule has 2 fully saturated rings. The molecule has 0 radical (unpaired) electrons. The van der Waals surface area contributed by atoms with Crippen molar-refractivity contribution >= 4 is 0 Å². The molecule has 3 rings (SSSR count). The third-order valence-electron chi connectivity index (χ3n) is 5.03. The van der Waals surface area contributed by atoms with E-state index in [0.29, 0.717) is 5.54 Å². The van der Waals surface area contributed by atoms with Crippen LogP contribution in [0.5, 0.6) is 0 Å². The first-order chi connectivity index (χ1) is 9.05. The molecule has 3 atom stereocenters. The molecule has 0 spiro atoms. The molecule has 1 aromatic carbocycles. The molecular weight excluding hydrogens is 230 g/mol. The average molecular weight is 257 g/mol. The van der Waals surface area contributed by atoms with Crippen molar-refractivity contribution < 1.29 is 0 Å². The van der Waals surface area contributed by atoms with Gasteiger partial charge in [-0.25, -0.2) is 0 Å². The van der Waals surface area contributed by atoms with E-state index in [2.05, 4.69) is 56.0 Å². The SMILES string of the molecule is CC(C)(C)N1C(Cc2ccccc2)CC2CCCC21. The van der Waals surface area contributed by atoms with Crippen LogP contribution in [0, 0.1) is 5.92 Å². The van der Waals surface area contributed by atoms with Crippen LogP contribution in [-0.4, -0.2) is 22.5 Å². The molecule has 0 N–H and O–H groups in total. The lowest BCUT2D eigenvalue weighted by Gasteiger charge is -2.41. The van der Waals surface area contributed by atoms with E-state index in [4.69, 9.17) is 0 Å². The fourth-order valence-corrected chi connectivity index (χ4v) is 4.51. The first kappa shape index (κ1) is 13.2. The quantitative estimate of drug-likeness (QED) is 0.764. The third kappa shape index (κ3) is 2.58. The van der Waals surface area contributed by atoms with Gasteiger partial charge in [-0.2, -0.15) is 0 Å². The van der Waals surface area contributed by atoms with Gasteiger partial charge in [-0.3, -0.25) is 4.90 Å². The summed E-state index contributed by atoms with van der Waals surface area (Å²) in [5.41, 5.74) is 1.81. The molecule has 1 heteroatoms. The highest BCUT2D eigenvalue weighted by Gasteiger charge is 2.47. The molecule has 1 aliphatic carbocycles. The first-order valence-corrected chi connectivity index (χ1v) is 7.88. The van der Waals surface area contributed by atoms with E-state index in [1.54, 1.807) is 0 Å². The maximum absolute atomic E-state index is 2.84. The zero-order valence-corrected chi connectivity index (χ0v) is 12.6. The van der Waals surface area contributed by atoms with Gasteiger partial charge in [0.2, 0.25) is 0 Å². The van der Waals surface area contributed by atoms with Gasteiger partial charge in [0.15, 0.2) is 0 Å². The van der Waals surface area contributed by atoms with Crippen molar-refractivity contribution in [2.24, 2.45) is 5.92 Å². The van der Waals surface area contributed by atoms with Crippen molar-refractivity contribution in [3.8, 4) is 0 Å². The summed E-state index contributed by atoms with van der Waals surface area (Å²) in [4.78, 5) is 2.84. The minimum Gasteiger partial charge on any atom is -0.292 e. The molecule has 104 valence electrons. The maximum atomic E-state index is 2.84. The summed E-state index contributed by atoms with van der Waals surface area (Å²) in [6, 6.07) is 12.6. The smallest absolute Gasteiger partial charge is 0.0147 e. The predicted molar refractivity (Wildman–Crippen MR) is 81.3 cm³/mol. The van der Waals surface area contributed by atoms with Crippen LogP contribution in [0.1, 0.15) is 52.0 Å². The molecule has 2 aliphatic rings. The van der Waals surface area contributed by atoms with E-state index < -0.39 is 0 Å². The molecule has 0 aromatic heterocycles. The van der Waals surface area contributed by atoms with E-state index in [-0.39, 0.29) is 0 Å². The Labute approximate surface area is 118 Å². The van der Waals surface area contributed by atoms with Crippen molar-refractivity contribution in [2.45, 2.75) is 70.5 Å². The standard InChI is InChI=1S/C18H27N/c1-18(2,3)19-16(12-14-8-5-4-6-9-14)13-15-10-7-11-17(15)19/h4-6,8-9,15-17H,7,10-13H2,1-3H3. The van der Waals surface area contributed by atoms with E-state index in [1.807, 2.05) is 0 Å². The van der Waals surface area contributed by atoms with Gasteiger partial charge in [0.05, 0.1) is 0 Å². The van der Waals surface area contributed by atoms with Crippen LogP contribution in [0.25, 0.3) is 0 Å². The van der Waals surface area contributed by atoms with Gasteiger partial charge in [0.1, 0.15) is 0 Å². The Balaban J connectivity index is 1.80. The second kappa shape index (κ2) is 4.94. The zero-order valence-electron chi connectivity index (χ0n) is 12.6. The van der Waals surface area contributed by atoms with Crippen LogP contribution < -0.4 is 0 Å². The molecule has 19 heavy (non-hydrogen) atoms. The third-order valence-corrected chi connectivity index (χ3v) is 5.03. The summed E-state index contributed by atoms with van der Waals surface area (Å²) >= 11 is 0. The van der Waals surface area contributed by atoms with Crippen LogP contribution in [0.15, 0.2) is 30.3 Å². The van der Waals surface area contributed by atoms with Crippen LogP contribution in [0.3, 0.4) is 0 Å². The van der Waals surface area contributed by atoms with Gasteiger partial charge in [-0.05, 0) is 57.9 Å². The van der Waals surface area contributed by atoms with Crippen molar-refractivity contribution in [1.29, 1.82) is 0 Å². The van der Waals surface area contributed by atoms with Crippen LogP contribution in [0.2, 0.25) is 0 Å². The van der Waals surface area contributed by atoms with Gasteiger partial charge in [-0.15, -0.1) is 0 Å². The molecule has 1 nitrogen and oxygen atoms in total. The Morgan fingerprint density at radius 3 is 2.53 bits per heavy atom. The largest absolute Gasteiger partial charge is 0.292 e. The molecule has 1 aromatic rings. The lowest BCUT2D eigenvalue weighted by atomic mass is 9.97. The van der Waals surface area contributed by atoms with Gasteiger partial charge in [-0.1, -0.05) is 36.8 Å². The van der Waals surface area contributed by atoms with Crippen molar-refractivity contribution in [3.63, 3.8) is 0 Å². The van der Waals surface area contributed by atoms with Crippen LogP contribution in [0.4, 0.5) is 0 Å². The van der Waals surface area contributed by atoms with Crippen LogP contribution in [-0.2, 0) is 6.42 Å². The highest BCUT2D eigenvalue weighted by atomic mass is 15.3. The minimum atomic E-state index is 0.309. The Kier molecular flexibility index (Phi) is 3.42. The number of hydrogen-bond donors (Lipinski definition) is 0. The Morgan fingerprint density at radius 2 is 1.84 bits per heavy atom. The van der Waals surface area contributed by atoms with E-state index >= 15 is 0 Å². The number of rotatable bonds is 2. The molecule has 1 saturated heterocycles. The molecular formula is C18H27N. The van der Waals surface area contributed by atoms with Crippen molar-refractivity contribution in [1.82, 2.24) is 4.90 Å². The van der Waals surface area contributed by atoms with Crippen molar-refractivity contribution in [2.75, 3.05) is 0 Å². The fourth-order valence-electron chi connectivity index (χ4n) is 4.51. The summed E-state index contributed by atoms with van der Waals surface area (Å²) < 4.78 is 0. The Bertz CT molecular complexity index is 417. The summed E-state index contributed by atoms with van der Waals surface area (Å²) in [5, 5.41) is 0. The lowest BCUT2D eigenvalue weighted by Crippen LogP contribution is -2.49. The molecule has 0 bridgehead atoms. The Hall–Kier alpha value is -0.820. The summed E-state index contributed by atoms with van der Waals surface area (Å²) in [6.07, 6.45) is 6.97. The summed E-state index contributed by atoms with van der Waals surface area (Å²) in [6.45, 7) is 7.18. The molecule has 0 amide bonds. The number of likely N-dealkylation sites (tertiary alicyclic amines) is 1. The van der Waals surface area contributed by atoms with Gasteiger partial charge >= 0.3 is 0 Å². The number of nitrogens with zero attached hydrogens (tertiary/aromatic N) is 1. The lowest BCUT2D eigenvalue weighted by molar-refractivity contribution is 0.0724. The van der Waals surface area contributed by atoms with Gasteiger partial charge in [0.25, 0.3) is 0 Å². The highest BCUT2D eigenvalue weighted by molar-refractivity contribution is 5.17. The maximum Gasteiger partial charge on any atom is 0.0147 e. The molecule has 1 saturated carbocycles. The second-order valence-corrected chi connectivity index (χ2v) is 7.42. The van der Waals surface area contributed by atoms with E-state index in [9.17, 15) is 0 Å². The molecule has 1 heterocycles. The zero-order chi connectivity index (χ0) is 13.5. The Morgan fingerprint density at radius 1 is 1.11 bits per heavy atom. The molecule has 3 unspecified atom stereocenters. The first-order valence-electron chi connectivity index (χ1n) is 7.88. The van der Waals surface area contributed by atoms with Crippen LogP contribution >= 0.6 is 0 Å². The van der Waals surface area contributed by atoms with Gasteiger partial charge in [0, 0.05) is 17.6 Å². The summed E-state index contributed by atoms with van der Waals surface area (Å²) in [7, 11) is 0.